The molecular weight excluding hydrogens is 396 g/mol. The van der Waals surface area contributed by atoms with Crippen LogP contribution in [-0.4, -0.2) is 0 Å². The summed E-state index contributed by atoms with van der Waals surface area (Å²) in [6.07, 6.45) is 10.0. The summed E-state index contributed by atoms with van der Waals surface area (Å²) < 4.78 is 0. The Labute approximate surface area is 198 Å². The van der Waals surface area contributed by atoms with Crippen molar-refractivity contribution in [2.24, 2.45) is 0 Å². The van der Waals surface area contributed by atoms with E-state index in [-0.39, 0.29) is 0 Å². The van der Waals surface area contributed by atoms with E-state index >= 15 is 0 Å². The van der Waals surface area contributed by atoms with E-state index in [4.69, 9.17) is 0 Å². The molecule has 0 spiro atoms. The zero-order valence-electron chi connectivity index (χ0n) is 19.4. The van der Waals surface area contributed by atoms with Gasteiger partial charge in [0.05, 0.1) is 0 Å². The molecule has 0 saturated heterocycles. The fourth-order valence-corrected chi connectivity index (χ4v) is 5.57. The zero-order chi connectivity index (χ0) is 22.0. The van der Waals surface area contributed by atoms with Gasteiger partial charge in [0.15, 0.2) is 0 Å². The largest absolute Gasteiger partial charge is 0.0588 e. The molecule has 0 amide bonds. The molecule has 0 nitrogen and oxygen atoms in total. The summed E-state index contributed by atoms with van der Waals surface area (Å²) in [6.45, 7) is 0. The lowest BCUT2D eigenvalue weighted by Crippen LogP contribution is -2.06. The minimum Gasteiger partial charge on any atom is -0.0588 e. The molecule has 0 N–H and O–H groups in total. The van der Waals surface area contributed by atoms with Gasteiger partial charge in [0.1, 0.15) is 0 Å². The summed E-state index contributed by atoms with van der Waals surface area (Å²) in [5, 5.41) is 0. The summed E-state index contributed by atoms with van der Waals surface area (Å²) >= 11 is 0. The van der Waals surface area contributed by atoms with Crippen molar-refractivity contribution in [3.8, 4) is 0 Å². The summed E-state index contributed by atoms with van der Waals surface area (Å²) in [4.78, 5) is 0. The van der Waals surface area contributed by atoms with E-state index in [9.17, 15) is 0 Å². The lowest BCUT2D eigenvalue weighted by Gasteiger charge is -2.18. The van der Waals surface area contributed by atoms with Crippen LogP contribution in [-0.2, 0) is 57.8 Å². The van der Waals surface area contributed by atoms with Gasteiger partial charge in [-0.2, -0.15) is 0 Å². The van der Waals surface area contributed by atoms with Crippen LogP contribution in [0.15, 0.2) is 84.9 Å². The van der Waals surface area contributed by atoms with Crippen LogP contribution in [0.2, 0.25) is 0 Å². The van der Waals surface area contributed by atoms with Gasteiger partial charge in [-0.25, -0.2) is 0 Å². The maximum Gasteiger partial charge on any atom is -0.00201 e. The Bertz CT molecular complexity index is 1160. The van der Waals surface area contributed by atoms with Crippen LogP contribution >= 0.6 is 0 Å². The van der Waals surface area contributed by atoms with E-state index < -0.39 is 0 Å². The van der Waals surface area contributed by atoms with E-state index in [1.807, 2.05) is 0 Å². The molecule has 164 valence electrons. The summed E-state index contributed by atoms with van der Waals surface area (Å²) in [7, 11) is 0. The third-order valence-electron chi connectivity index (χ3n) is 7.74. The van der Waals surface area contributed by atoms with Crippen molar-refractivity contribution in [3.63, 3.8) is 0 Å². The van der Waals surface area contributed by atoms with Crippen LogP contribution in [0.1, 0.15) is 55.6 Å². The van der Waals surface area contributed by atoms with Gasteiger partial charge in [0.25, 0.3) is 0 Å². The fourth-order valence-electron chi connectivity index (χ4n) is 5.57. The Morgan fingerprint density at radius 1 is 0.333 bits per heavy atom. The number of hydrogen-bond acceptors (Lipinski definition) is 0. The lowest BCUT2D eigenvalue weighted by atomic mass is 9.87. The van der Waals surface area contributed by atoms with Gasteiger partial charge in [0.2, 0.25) is 0 Å². The SMILES string of the molecule is c1cc2ccc1CCc1ccc(c(Cc3cc4ccc3CCc3ccc(cc3)CC4)c1)CC2. The predicted octanol–water partition coefficient (Wildman–Crippen LogP) is 7.05. The second-order valence-corrected chi connectivity index (χ2v) is 10.0. The molecule has 4 aromatic rings. The topological polar surface area (TPSA) is 0 Å². The number of hydrogen-bond donors (Lipinski definition) is 0. The quantitative estimate of drug-likeness (QED) is 0.321. The smallest absolute Gasteiger partial charge is 0.00201 e. The van der Waals surface area contributed by atoms with Crippen molar-refractivity contribution in [2.75, 3.05) is 0 Å². The van der Waals surface area contributed by atoms with E-state index in [1.165, 1.54) is 55.6 Å². The molecule has 8 aliphatic rings. The zero-order valence-corrected chi connectivity index (χ0v) is 19.4. The molecule has 0 heterocycles. The van der Waals surface area contributed by atoms with Crippen LogP contribution in [0.25, 0.3) is 0 Å². The van der Waals surface area contributed by atoms with Crippen LogP contribution in [0.3, 0.4) is 0 Å². The van der Waals surface area contributed by atoms with Crippen LogP contribution in [0.4, 0.5) is 0 Å². The van der Waals surface area contributed by atoms with Gasteiger partial charge in [-0.1, -0.05) is 84.9 Å². The molecule has 0 fully saturated rings. The first-order valence-electron chi connectivity index (χ1n) is 12.7. The number of aryl methyl sites for hydroxylation is 8. The Kier molecular flexibility index (Phi) is 5.60. The molecule has 0 radical (unpaired) electrons. The Hall–Kier alpha value is -3.12. The van der Waals surface area contributed by atoms with Crippen molar-refractivity contribution < 1.29 is 0 Å². The van der Waals surface area contributed by atoms with E-state index in [0.717, 1.165) is 57.8 Å². The molecule has 0 atom stereocenters. The van der Waals surface area contributed by atoms with Gasteiger partial charge in [-0.3, -0.25) is 0 Å². The third-order valence-corrected chi connectivity index (χ3v) is 7.74. The molecule has 33 heavy (non-hydrogen) atoms. The van der Waals surface area contributed by atoms with Crippen molar-refractivity contribution in [1.29, 1.82) is 0 Å². The first kappa shape index (κ1) is 20.5. The van der Waals surface area contributed by atoms with Gasteiger partial charge in [-0.15, -0.1) is 0 Å². The molecule has 4 aromatic carbocycles. The van der Waals surface area contributed by atoms with Crippen LogP contribution in [0.5, 0.6) is 0 Å². The van der Waals surface area contributed by atoms with Crippen molar-refractivity contribution in [3.05, 3.63) is 141 Å². The Morgan fingerprint density at radius 2 is 0.636 bits per heavy atom. The summed E-state index contributed by atoms with van der Waals surface area (Å²) in [5.74, 6) is 0. The number of rotatable bonds is 2. The molecule has 0 unspecified atom stereocenters. The highest BCUT2D eigenvalue weighted by molar-refractivity contribution is 5.42. The average molecular weight is 429 g/mol. The standard InChI is InChI=1S/C33H32/c1-5-26-6-2-24(1)9-11-28-15-19-30(17-13-26)32(21-28)23-33-22-29-12-10-25-3-7-27(8-4-25)14-18-31(33)20-16-29/h1-8,15-16,19-22H,9-14,17-18,23H2. The first-order valence-corrected chi connectivity index (χ1v) is 12.7. The molecule has 0 aliphatic heterocycles. The van der Waals surface area contributed by atoms with Gasteiger partial charge < -0.3 is 0 Å². The minimum absolute atomic E-state index is 1.06. The Morgan fingerprint density at radius 3 is 1.03 bits per heavy atom. The molecule has 8 bridgehead atoms. The maximum atomic E-state index is 2.51. The molecule has 12 rings (SSSR count). The summed E-state index contributed by atoms with van der Waals surface area (Å²) in [5.41, 5.74) is 14.9. The Balaban J connectivity index is 1.33. The van der Waals surface area contributed by atoms with Gasteiger partial charge >= 0.3 is 0 Å². The van der Waals surface area contributed by atoms with Crippen molar-refractivity contribution in [1.82, 2.24) is 0 Å². The van der Waals surface area contributed by atoms with Gasteiger partial charge in [0, 0.05) is 0 Å². The molecular formula is C33H32. The predicted molar refractivity (Wildman–Crippen MR) is 138 cm³/mol. The molecule has 0 heteroatoms. The lowest BCUT2D eigenvalue weighted by molar-refractivity contribution is 0.886. The van der Waals surface area contributed by atoms with Gasteiger partial charge in [-0.05, 0) is 113 Å². The minimum atomic E-state index is 1.06. The number of benzene rings is 4. The molecule has 0 saturated carbocycles. The fraction of sp³-hybridized carbons (Fsp3) is 0.273. The van der Waals surface area contributed by atoms with Crippen LogP contribution < -0.4 is 0 Å². The summed E-state index contributed by atoms with van der Waals surface area (Å²) in [6, 6.07) is 33.2. The average Bonchev–Trinajstić information content (AvgIpc) is 2.83. The van der Waals surface area contributed by atoms with Crippen LogP contribution in [0, 0.1) is 0 Å². The molecule has 8 aliphatic carbocycles. The monoisotopic (exact) mass is 428 g/mol. The second-order valence-electron chi connectivity index (χ2n) is 10.0. The van der Waals surface area contributed by atoms with E-state index in [2.05, 4.69) is 84.9 Å². The third kappa shape index (κ3) is 4.67. The van der Waals surface area contributed by atoms with Crippen molar-refractivity contribution >= 4 is 0 Å². The molecule has 0 aromatic heterocycles. The normalized spacial score (nSPS) is 15.0. The maximum absolute atomic E-state index is 2.51. The second kappa shape index (κ2) is 9.02. The van der Waals surface area contributed by atoms with E-state index in [1.54, 1.807) is 0 Å². The van der Waals surface area contributed by atoms with Crippen molar-refractivity contribution in [2.45, 2.75) is 57.8 Å². The highest BCUT2D eigenvalue weighted by atomic mass is 14.2. The first-order chi connectivity index (χ1) is 16.3. The highest BCUT2D eigenvalue weighted by Crippen LogP contribution is 2.25. The highest BCUT2D eigenvalue weighted by Gasteiger charge is 2.13. The van der Waals surface area contributed by atoms with E-state index in [0.29, 0.717) is 0 Å².